The first-order valence-corrected chi connectivity index (χ1v) is 10.7. The third kappa shape index (κ3) is 4.21. The third-order valence-electron chi connectivity index (χ3n) is 5.36. The van der Waals surface area contributed by atoms with Crippen molar-refractivity contribution in [3.8, 4) is 11.3 Å². The second-order valence-corrected chi connectivity index (χ2v) is 8.58. The molecule has 1 aliphatic heterocycles. The molecule has 0 aliphatic carbocycles. The number of halogens is 1. The molecule has 1 N–H and O–H groups in total. The summed E-state index contributed by atoms with van der Waals surface area (Å²) in [6.07, 6.45) is 1.81. The Morgan fingerprint density at radius 3 is 2.73 bits per heavy atom. The maximum Gasteiger partial charge on any atom is 0.170 e. The lowest BCUT2D eigenvalue weighted by Crippen LogP contribution is -2.35. The van der Waals surface area contributed by atoms with Crippen LogP contribution >= 0.6 is 23.8 Å². The van der Waals surface area contributed by atoms with E-state index in [1.807, 2.05) is 61.7 Å². The molecule has 1 fully saturated rings. The number of benzene rings is 1. The molecular weight excluding hydrogens is 416 g/mol. The first kappa shape index (κ1) is 20.8. The van der Waals surface area contributed by atoms with Gasteiger partial charge >= 0.3 is 0 Å². The van der Waals surface area contributed by atoms with Gasteiger partial charge in [-0.2, -0.15) is 0 Å². The number of pyridine rings is 1. The van der Waals surface area contributed by atoms with Crippen molar-refractivity contribution in [2.75, 3.05) is 27.2 Å². The number of likely N-dealkylation sites (N-methyl/N-ethyl adjacent to an activating group) is 1. The zero-order chi connectivity index (χ0) is 21.3. The van der Waals surface area contributed by atoms with Gasteiger partial charge in [0, 0.05) is 29.9 Å². The summed E-state index contributed by atoms with van der Waals surface area (Å²) in [6, 6.07) is 15.8. The summed E-state index contributed by atoms with van der Waals surface area (Å²) in [4.78, 5) is 8.91. The fourth-order valence-electron chi connectivity index (χ4n) is 3.68. The first-order valence-electron chi connectivity index (χ1n) is 9.93. The molecule has 7 heteroatoms. The van der Waals surface area contributed by atoms with Crippen LogP contribution in [-0.4, -0.2) is 47.1 Å². The van der Waals surface area contributed by atoms with Gasteiger partial charge in [-0.15, -0.1) is 0 Å². The van der Waals surface area contributed by atoms with E-state index >= 15 is 0 Å². The highest BCUT2D eigenvalue weighted by Crippen LogP contribution is 2.40. The Hall–Kier alpha value is -2.41. The summed E-state index contributed by atoms with van der Waals surface area (Å²) in [7, 11) is 4.12. The van der Waals surface area contributed by atoms with Crippen molar-refractivity contribution in [2.45, 2.75) is 19.0 Å². The predicted octanol–water partition coefficient (Wildman–Crippen LogP) is 4.84. The maximum atomic E-state index is 6.34. The lowest BCUT2D eigenvalue weighted by atomic mass is 10.0. The van der Waals surface area contributed by atoms with Gasteiger partial charge in [0.25, 0.3) is 0 Å². The van der Waals surface area contributed by atoms with Crippen molar-refractivity contribution in [2.24, 2.45) is 0 Å². The zero-order valence-corrected chi connectivity index (χ0v) is 18.9. The van der Waals surface area contributed by atoms with Gasteiger partial charge in [-0.25, -0.2) is 0 Å². The van der Waals surface area contributed by atoms with E-state index in [4.69, 9.17) is 28.2 Å². The van der Waals surface area contributed by atoms with E-state index in [2.05, 4.69) is 34.2 Å². The molecule has 3 heterocycles. The molecule has 1 saturated heterocycles. The first-order chi connectivity index (χ1) is 14.4. The Morgan fingerprint density at radius 1 is 1.20 bits per heavy atom. The predicted molar refractivity (Wildman–Crippen MR) is 125 cm³/mol. The van der Waals surface area contributed by atoms with Crippen molar-refractivity contribution >= 4 is 28.9 Å². The van der Waals surface area contributed by atoms with Crippen molar-refractivity contribution < 1.29 is 4.42 Å². The second kappa shape index (κ2) is 8.76. The van der Waals surface area contributed by atoms with E-state index in [1.54, 1.807) is 0 Å². The molecule has 0 radical (unpaired) electrons. The van der Waals surface area contributed by atoms with Crippen molar-refractivity contribution in [1.82, 2.24) is 20.1 Å². The molecule has 2 atom stereocenters. The third-order valence-corrected chi connectivity index (χ3v) is 6.12. The SMILES string of the molecule is Cc1ccc(-c2ccc([C@H]3[C@@H](c4ccccn4)NC(=S)N3CCN(C)C)o2)cc1Cl. The van der Waals surface area contributed by atoms with Crippen LogP contribution in [0.2, 0.25) is 5.02 Å². The number of hydrogen-bond acceptors (Lipinski definition) is 4. The molecule has 2 aromatic heterocycles. The summed E-state index contributed by atoms with van der Waals surface area (Å²) in [6.45, 7) is 3.67. The van der Waals surface area contributed by atoms with E-state index in [0.717, 1.165) is 46.5 Å². The summed E-state index contributed by atoms with van der Waals surface area (Å²) in [5.41, 5.74) is 2.94. The number of nitrogens with zero attached hydrogens (tertiary/aromatic N) is 3. The van der Waals surface area contributed by atoms with Crippen LogP contribution in [0.3, 0.4) is 0 Å². The van der Waals surface area contributed by atoms with E-state index in [9.17, 15) is 0 Å². The molecule has 0 bridgehead atoms. The zero-order valence-electron chi connectivity index (χ0n) is 17.3. The number of furan rings is 1. The van der Waals surface area contributed by atoms with Crippen LogP contribution in [0.25, 0.3) is 11.3 Å². The highest BCUT2D eigenvalue weighted by atomic mass is 35.5. The maximum absolute atomic E-state index is 6.34. The highest BCUT2D eigenvalue weighted by molar-refractivity contribution is 7.80. The van der Waals surface area contributed by atoms with Crippen LogP contribution in [0.1, 0.15) is 29.1 Å². The lowest BCUT2D eigenvalue weighted by Gasteiger charge is -2.27. The standard InChI is InChI=1S/C23H25ClN4OS/c1-15-7-8-16(14-17(15)24)19-9-10-20(29-19)22-21(18-6-4-5-11-25-18)26-23(30)28(22)13-12-27(2)3/h4-11,14,21-22H,12-13H2,1-3H3,(H,26,30)/t21-,22+/m1/s1. The van der Waals surface area contributed by atoms with Gasteiger partial charge in [-0.05, 0) is 69.1 Å². The van der Waals surface area contributed by atoms with Crippen LogP contribution in [-0.2, 0) is 0 Å². The summed E-state index contributed by atoms with van der Waals surface area (Å²) in [5, 5.41) is 4.90. The van der Waals surface area contributed by atoms with Crippen LogP contribution in [0, 0.1) is 6.92 Å². The Kier molecular flexibility index (Phi) is 6.09. The van der Waals surface area contributed by atoms with E-state index < -0.39 is 0 Å². The molecule has 4 rings (SSSR count). The smallest absolute Gasteiger partial charge is 0.170 e. The molecule has 3 aromatic rings. The Balaban J connectivity index is 1.70. The van der Waals surface area contributed by atoms with Gasteiger partial charge < -0.3 is 19.5 Å². The summed E-state index contributed by atoms with van der Waals surface area (Å²) >= 11 is 12.0. The number of nitrogens with one attached hydrogen (secondary N) is 1. The van der Waals surface area contributed by atoms with Gasteiger partial charge in [-0.3, -0.25) is 4.98 Å². The molecule has 1 aromatic carbocycles. The molecule has 1 aliphatic rings. The molecule has 0 unspecified atom stereocenters. The van der Waals surface area contributed by atoms with Crippen LogP contribution in [0.4, 0.5) is 0 Å². The summed E-state index contributed by atoms with van der Waals surface area (Å²) in [5.74, 6) is 1.64. The molecule has 5 nitrogen and oxygen atoms in total. The number of aryl methyl sites for hydroxylation is 1. The molecule has 0 amide bonds. The fourth-order valence-corrected chi connectivity index (χ4v) is 4.19. The Labute approximate surface area is 187 Å². The van der Waals surface area contributed by atoms with Crippen LogP contribution < -0.4 is 5.32 Å². The quantitative estimate of drug-likeness (QED) is 0.553. The van der Waals surface area contributed by atoms with Crippen LogP contribution in [0.15, 0.2) is 59.1 Å². The van der Waals surface area contributed by atoms with Gasteiger partial charge in [-0.1, -0.05) is 29.8 Å². The number of rotatable bonds is 6. The second-order valence-electron chi connectivity index (χ2n) is 7.79. The number of hydrogen-bond donors (Lipinski definition) is 1. The van der Waals surface area contributed by atoms with Crippen molar-refractivity contribution in [3.05, 3.63) is 76.8 Å². The van der Waals surface area contributed by atoms with Crippen LogP contribution in [0.5, 0.6) is 0 Å². The lowest BCUT2D eigenvalue weighted by molar-refractivity contribution is 0.250. The minimum Gasteiger partial charge on any atom is -0.459 e. The normalized spacial score (nSPS) is 18.8. The van der Waals surface area contributed by atoms with Gasteiger partial charge in [0.15, 0.2) is 5.11 Å². The molecular formula is C23H25ClN4OS. The van der Waals surface area contributed by atoms with Gasteiger partial charge in [0.1, 0.15) is 17.6 Å². The molecule has 0 saturated carbocycles. The number of thiocarbonyl (C=S) groups is 1. The number of aromatic nitrogens is 1. The highest BCUT2D eigenvalue weighted by Gasteiger charge is 2.41. The van der Waals surface area contributed by atoms with E-state index in [1.165, 1.54) is 0 Å². The molecule has 0 spiro atoms. The summed E-state index contributed by atoms with van der Waals surface area (Å²) < 4.78 is 6.34. The Bertz CT molecular complexity index is 1040. The average molecular weight is 441 g/mol. The monoisotopic (exact) mass is 440 g/mol. The minimum absolute atomic E-state index is 0.0815. The molecule has 156 valence electrons. The largest absolute Gasteiger partial charge is 0.459 e. The van der Waals surface area contributed by atoms with E-state index in [-0.39, 0.29) is 12.1 Å². The van der Waals surface area contributed by atoms with Crippen molar-refractivity contribution in [3.63, 3.8) is 0 Å². The van der Waals surface area contributed by atoms with E-state index in [0.29, 0.717) is 5.11 Å². The van der Waals surface area contributed by atoms with Gasteiger partial charge in [0.05, 0.1) is 11.7 Å². The minimum atomic E-state index is -0.0820. The molecule has 30 heavy (non-hydrogen) atoms. The van der Waals surface area contributed by atoms with Gasteiger partial charge in [0.2, 0.25) is 0 Å². The Morgan fingerprint density at radius 2 is 2.03 bits per heavy atom. The van der Waals surface area contributed by atoms with Crippen molar-refractivity contribution in [1.29, 1.82) is 0 Å². The average Bonchev–Trinajstić information content (AvgIpc) is 3.33. The topological polar surface area (TPSA) is 44.5 Å². The fraction of sp³-hybridized carbons (Fsp3) is 0.304.